The summed E-state index contributed by atoms with van der Waals surface area (Å²) in [5.41, 5.74) is 0.434. The molecule has 3 heteroatoms. The predicted octanol–water partition coefficient (Wildman–Crippen LogP) is 3.19. The molecule has 2 saturated carbocycles. The molecule has 2 aliphatic carbocycles. The Morgan fingerprint density at radius 1 is 1.14 bits per heavy atom. The number of nitrogens with zero attached hydrogens (tertiary/aromatic N) is 1. The van der Waals surface area contributed by atoms with E-state index in [9.17, 15) is 0 Å². The largest absolute Gasteiger partial charge is 0.383 e. The van der Waals surface area contributed by atoms with Crippen LogP contribution in [0.15, 0.2) is 0 Å². The van der Waals surface area contributed by atoms with E-state index in [-0.39, 0.29) is 0 Å². The number of methoxy groups -OCH3 is 1. The van der Waals surface area contributed by atoms with Gasteiger partial charge in [-0.25, -0.2) is 0 Å². The standard InChI is InChI=1S/C18H34N2O/c1-15(13-21-2)20-12-17(16-8-4-3-5-9-16)19-14-18(20)10-6-7-11-18/h15-17,19H,3-14H2,1-2H3. The molecule has 1 aliphatic heterocycles. The third-order valence-corrected chi connectivity index (χ3v) is 6.39. The average molecular weight is 294 g/mol. The Kier molecular flexibility index (Phi) is 5.23. The lowest BCUT2D eigenvalue weighted by molar-refractivity contribution is -0.0267. The van der Waals surface area contributed by atoms with Gasteiger partial charge in [0.15, 0.2) is 0 Å². The zero-order valence-electron chi connectivity index (χ0n) is 14.1. The first-order valence-electron chi connectivity index (χ1n) is 9.24. The second-order valence-electron chi connectivity index (χ2n) is 7.77. The number of ether oxygens (including phenoxy) is 1. The molecule has 1 saturated heterocycles. The van der Waals surface area contributed by atoms with Crippen LogP contribution < -0.4 is 5.32 Å². The van der Waals surface area contributed by atoms with E-state index >= 15 is 0 Å². The summed E-state index contributed by atoms with van der Waals surface area (Å²) in [5.74, 6) is 0.912. The minimum absolute atomic E-state index is 0.434. The molecule has 1 heterocycles. The van der Waals surface area contributed by atoms with E-state index in [1.807, 2.05) is 7.11 Å². The van der Waals surface area contributed by atoms with Crippen LogP contribution in [0.5, 0.6) is 0 Å². The van der Waals surface area contributed by atoms with Gasteiger partial charge in [-0.3, -0.25) is 4.90 Å². The van der Waals surface area contributed by atoms with Crippen molar-refractivity contribution in [3.05, 3.63) is 0 Å². The van der Waals surface area contributed by atoms with Crippen LogP contribution in [-0.4, -0.2) is 49.3 Å². The van der Waals surface area contributed by atoms with Gasteiger partial charge in [-0.15, -0.1) is 0 Å². The minimum atomic E-state index is 0.434. The molecule has 0 aromatic carbocycles. The molecule has 3 fully saturated rings. The maximum Gasteiger partial charge on any atom is 0.0615 e. The summed E-state index contributed by atoms with van der Waals surface area (Å²) in [5, 5.41) is 3.97. The van der Waals surface area contributed by atoms with E-state index in [0.717, 1.165) is 18.6 Å². The van der Waals surface area contributed by atoms with Crippen LogP contribution in [0.2, 0.25) is 0 Å². The van der Waals surface area contributed by atoms with Crippen LogP contribution in [0, 0.1) is 5.92 Å². The zero-order chi connectivity index (χ0) is 14.7. The molecule has 2 unspecified atom stereocenters. The fraction of sp³-hybridized carbons (Fsp3) is 1.00. The van der Waals surface area contributed by atoms with E-state index in [1.165, 1.54) is 70.9 Å². The van der Waals surface area contributed by atoms with Crippen molar-refractivity contribution in [2.45, 2.75) is 82.3 Å². The molecule has 0 aromatic heterocycles. The van der Waals surface area contributed by atoms with Crippen molar-refractivity contribution in [3.8, 4) is 0 Å². The Morgan fingerprint density at radius 2 is 1.86 bits per heavy atom. The van der Waals surface area contributed by atoms with Gasteiger partial charge in [0.1, 0.15) is 0 Å². The first kappa shape index (κ1) is 15.8. The lowest BCUT2D eigenvalue weighted by atomic mass is 9.80. The van der Waals surface area contributed by atoms with Crippen LogP contribution in [0.3, 0.4) is 0 Å². The molecule has 3 rings (SSSR count). The number of nitrogens with one attached hydrogen (secondary N) is 1. The molecular formula is C18H34N2O. The predicted molar refractivity (Wildman–Crippen MR) is 87.6 cm³/mol. The Labute approximate surface area is 130 Å². The molecule has 3 nitrogen and oxygen atoms in total. The molecule has 122 valence electrons. The highest BCUT2D eigenvalue weighted by Crippen LogP contribution is 2.40. The SMILES string of the molecule is COCC(C)N1CC(C2CCCCC2)NCC12CCCC2. The fourth-order valence-electron chi connectivity index (χ4n) is 5.22. The highest BCUT2D eigenvalue weighted by molar-refractivity contribution is 5.04. The first-order chi connectivity index (χ1) is 10.2. The summed E-state index contributed by atoms with van der Waals surface area (Å²) in [4.78, 5) is 2.83. The third kappa shape index (κ3) is 3.30. The monoisotopic (exact) mass is 294 g/mol. The summed E-state index contributed by atoms with van der Waals surface area (Å²) in [6.45, 7) is 5.70. The van der Waals surface area contributed by atoms with E-state index in [2.05, 4.69) is 17.1 Å². The van der Waals surface area contributed by atoms with Gasteiger partial charge in [-0.2, -0.15) is 0 Å². The first-order valence-corrected chi connectivity index (χ1v) is 9.24. The van der Waals surface area contributed by atoms with Gasteiger partial charge in [0.2, 0.25) is 0 Å². The molecule has 0 radical (unpaired) electrons. The Hall–Kier alpha value is -0.120. The number of hydrogen-bond acceptors (Lipinski definition) is 3. The second-order valence-corrected chi connectivity index (χ2v) is 7.77. The molecule has 0 bridgehead atoms. The molecule has 1 N–H and O–H groups in total. The number of rotatable bonds is 4. The van der Waals surface area contributed by atoms with Crippen molar-refractivity contribution in [2.75, 3.05) is 26.8 Å². The van der Waals surface area contributed by atoms with Crippen molar-refractivity contribution in [1.29, 1.82) is 0 Å². The van der Waals surface area contributed by atoms with Crippen molar-refractivity contribution < 1.29 is 4.74 Å². The fourth-order valence-corrected chi connectivity index (χ4v) is 5.22. The van der Waals surface area contributed by atoms with Crippen molar-refractivity contribution >= 4 is 0 Å². The van der Waals surface area contributed by atoms with Crippen molar-refractivity contribution in [3.63, 3.8) is 0 Å². The minimum Gasteiger partial charge on any atom is -0.383 e. The van der Waals surface area contributed by atoms with Gasteiger partial charge < -0.3 is 10.1 Å². The molecule has 2 atom stereocenters. The van der Waals surface area contributed by atoms with Crippen molar-refractivity contribution in [1.82, 2.24) is 10.2 Å². The van der Waals surface area contributed by atoms with Gasteiger partial charge in [-0.05, 0) is 38.5 Å². The maximum atomic E-state index is 5.48. The van der Waals surface area contributed by atoms with Gasteiger partial charge in [-0.1, -0.05) is 32.1 Å². The normalized spacial score (nSPS) is 32.6. The van der Waals surface area contributed by atoms with Gasteiger partial charge >= 0.3 is 0 Å². The molecular weight excluding hydrogens is 260 g/mol. The number of hydrogen-bond donors (Lipinski definition) is 1. The Bertz CT molecular complexity index is 321. The lowest BCUT2D eigenvalue weighted by Gasteiger charge is -2.52. The smallest absolute Gasteiger partial charge is 0.0615 e. The zero-order valence-corrected chi connectivity index (χ0v) is 14.1. The Morgan fingerprint density at radius 3 is 2.52 bits per heavy atom. The highest BCUT2D eigenvalue weighted by Gasteiger charge is 2.46. The summed E-state index contributed by atoms with van der Waals surface area (Å²) in [7, 11) is 1.85. The van der Waals surface area contributed by atoms with Crippen molar-refractivity contribution in [2.24, 2.45) is 5.92 Å². The average Bonchev–Trinajstić information content (AvgIpc) is 2.98. The van der Waals surface area contributed by atoms with Gasteiger partial charge in [0.25, 0.3) is 0 Å². The lowest BCUT2D eigenvalue weighted by Crippen LogP contribution is -2.67. The van der Waals surface area contributed by atoms with Crippen LogP contribution in [0.25, 0.3) is 0 Å². The van der Waals surface area contributed by atoms with Crippen LogP contribution in [0.4, 0.5) is 0 Å². The van der Waals surface area contributed by atoms with E-state index in [1.54, 1.807) is 0 Å². The van der Waals surface area contributed by atoms with E-state index in [0.29, 0.717) is 11.6 Å². The van der Waals surface area contributed by atoms with Crippen LogP contribution >= 0.6 is 0 Å². The van der Waals surface area contributed by atoms with E-state index < -0.39 is 0 Å². The topological polar surface area (TPSA) is 24.5 Å². The molecule has 0 aromatic rings. The number of piperazine rings is 1. The van der Waals surface area contributed by atoms with Crippen LogP contribution in [0.1, 0.15) is 64.7 Å². The Balaban J connectivity index is 1.69. The molecule has 0 amide bonds. The van der Waals surface area contributed by atoms with Gasteiger partial charge in [0.05, 0.1) is 6.61 Å². The van der Waals surface area contributed by atoms with Gasteiger partial charge in [0, 0.05) is 37.8 Å². The third-order valence-electron chi connectivity index (χ3n) is 6.39. The molecule has 21 heavy (non-hydrogen) atoms. The highest BCUT2D eigenvalue weighted by atomic mass is 16.5. The summed E-state index contributed by atoms with van der Waals surface area (Å²) in [6, 6.07) is 1.28. The maximum absolute atomic E-state index is 5.48. The molecule has 3 aliphatic rings. The molecule has 1 spiro atoms. The quantitative estimate of drug-likeness (QED) is 0.862. The summed E-state index contributed by atoms with van der Waals surface area (Å²) < 4.78 is 5.48. The van der Waals surface area contributed by atoms with Crippen LogP contribution in [-0.2, 0) is 4.74 Å². The second kappa shape index (κ2) is 6.97. The summed E-state index contributed by atoms with van der Waals surface area (Å²) in [6.07, 6.45) is 12.8. The van der Waals surface area contributed by atoms with E-state index in [4.69, 9.17) is 4.74 Å². The summed E-state index contributed by atoms with van der Waals surface area (Å²) >= 11 is 0.